The van der Waals surface area contributed by atoms with Crippen molar-refractivity contribution >= 4 is 27.5 Å². The van der Waals surface area contributed by atoms with Crippen LogP contribution >= 0.6 is 15.9 Å². The summed E-state index contributed by atoms with van der Waals surface area (Å²) in [6, 6.07) is 12.0. The molecule has 1 atom stereocenters. The van der Waals surface area contributed by atoms with Crippen LogP contribution in [-0.4, -0.2) is 26.2 Å². The summed E-state index contributed by atoms with van der Waals surface area (Å²) in [5.41, 5.74) is 3.07. The standard InChI is InChI=1S/C22H24BrNO3/c1-24-19-11-10-15(23)13-17(19)18(22(24)25)12-14-6-5-9-20(26-2)21(14)27-16-7-3-4-8-16/h5-6,9-11,13,16,18H,3-4,7-8,12H2,1-2H3. The number of anilines is 1. The molecule has 4 rings (SSSR count). The van der Waals surface area contributed by atoms with Gasteiger partial charge in [-0.05, 0) is 67.5 Å². The Hall–Kier alpha value is -2.01. The van der Waals surface area contributed by atoms with Gasteiger partial charge in [-0.15, -0.1) is 0 Å². The molecule has 0 aromatic heterocycles. The van der Waals surface area contributed by atoms with Gasteiger partial charge in [0.2, 0.25) is 5.91 Å². The first-order valence-electron chi connectivity index (χ1n) is 9.48. The van der Waals surface area contributed by atoms with Crippen LogP contribution in [-0.2, 0) is 11.2 Å². The first-order valence-corrected chi connectivity index (χ1v) is 10.3. The summed E-state index contributed by atoms with van der Waals surface area (Å²) < 4.78 is 12.9. The summed E-state index contributed by atoms with van der Waals surface area (Å²) in [6.07, 6.45) is 5.43. The molecule has 2 aromatic rings. The first-order chi connectivity index (χ1) is 13.1. The van der Waals surface area contributed by atoms with Gasteiger partial charge in [-0.2, -0.15) is 0 Å². The minimum atomic E-state index is -0.208. The van der Waals surface area contributed by atoms with Crippen LogP contribution in [0, 0.1) is 0 Å². The highest BCUT2D eigenvalue weighted by Crippen LogP contribution is 2.43. The fourth-order valence-electron chi connectivity index (χ4n) is 4.20. The highest BCUT2D eigenvalue weighted by atomic mass is 79.9. The lowest BCUT2D eigenvalue weighted by atomic mass is 9.92. The summed E-state index contributed by atoms with van der Waals surface area (Å²) in [5, 5.41) is 0. The number of hydrogen-bond acceptors (Lipinski definition) is 3. The molecule has 1 unspecified atom stereocenters. The lowest BCUT2D eigenvalue weighted by molar-refractivity contribution is -0.119. The normalized spacial score (nSPS) is 19.4. The Kier molecular flexibility index (Phi) is 5.13. The van der Waals surface area contributed by atoms with Crippen molar-refractivity contribution in [2.75, 3.05) is 19.1 Å². The molecule has 0 radical (unpaired) electrons. The first kappa shape index (κ1) is 18.4. The maximum absolute atomic E-state index is 12.9. The summed E-state index contributed by atoms with van der Waals surface area (Å²) in [5.74, 6) is 1.46. The van der Waals surface area contributed by atoms with Crippen LogP contribution < -0.4 is 14.4 Å². The van der Waals surface area contributed by atoms with Crippen molar-refractivity contribution in [3.63, 3.8) is 0 Å². The van der Waals surface area contributed by atoms with Crippen LogP contribution in [0.3, 0.4) is 0 Å². The van der Waals surface area contributed by atoms with Crippen molar-refractivity contribution in [2.45, 2.75) is 44.1 Å². The molecule has 4 nitrogen and oxygen atoms in total. The van der Waals surface area contributed by atoms with Gasteiger partial charge in [0.1, 0.15) is 0 Å². The lowest BCUT2D eigenvalue weighted by Gasteiger charge is -2.20. The highest BCUT2D eigenvalue weighted by Gasteiger charge is 2.36. The molecule has 1 aliphatic heterocycles. The Labute approximate surface area is 168 Å². The van der Waals surface area contributed by atoms with Crippen molar-refractivity contribution in [3.8, 4) is 11.5 Å². The highest BCUT2D eigenvalue weighted by molar-refractivity contribution is 9.10. The topological polar surface area (TPSA) is 38.8 Å². The van der Waals surface area contributed by atoms with E-state index in [0.717, 1.165) is 45.6 Å². The molecular weight excluding hydrogens is 406 g/mol. The molecule has 142 valence electrons. The van der Waals surface area contributed by atoms with Gasteiger partial charge in [-0.1, -0.05) is 28.1 Å². The molecule has 27 heavy (non-hydrogen) atoms. The molecule has 1 amide bonds. The Morgan fingerprint density at radius 2 is 1.96 bits per heavy atom. The molecule has 0 N–H and O–H groups in total. The maximum Gasteiger partial charge on any atom is 0.234 e. The van der Waals surface area contributed by atoms with E-state index in [2.05, 4.69) is 28.1 Å². The zero-order chi connectivity index (χ0) is 19.0. The number of carbonyl (C=O) groups is 1. The van der Waals surface area contributed by atoms with Gasteiger partial charge in [0, 0.05) is 17.2 Å². The number of ether oxygens (including phenoxy) is 2. The van der Waals surface area contributed by atoms with E-state index >= 15 is 0 Å². The summed E-state index contributed by atoms with van der Waals surface area (Å²) in [4.78, 5) is 14.7. The molecule has 5 heteroatoms. The van der Waals surface area contributed by atoms with Gasteiger partial charge in [0.25, 0.3) is 0 Å². The minimum Gasteiger partial charge on any atom is -0.493 e. The second kappa shape index (κ2) is 7.55. The predicted octanol–water partition coefficient (Wildman–Crippen LogP) is 5.08. The van der Waals surface area contributed by atoms with E-state index in [0.29, 0.717) is 6.42 Å². The largest absolute Gasteiger partial charge is 0.493 e. The number of hydrogen-bond donors (Lipinski definition) is 0. The summed E-state index contributed by atoms with van der Waals surface area (Å²) >= 11 is 3.54. The van der Waals surface area contributed by atoms with Gasteiger partial charge < -0.3 is 14.4 Å². The summed E-state index contributed by atoms with van der Waals surface area (Å²) in [6.45, 7) is 0. The van der Waals surface area contributed by atoms with E-state index in [1.807, 2.05) is 31.3 Å². The van der Waals surface area contributed by atoms with Gasteiger partial charge in [0.15, 0.2) is 11.5 Å². The number of carbonyl (C=O) groups excluding carboxylic acids is 1. The molecule has 1 heterocycles. The second-order valence-corrected chi connectivity index (χ2v) is 8.25. The molecule has 0 saturated heterocycles. The van der Waals surface area contributed by atoms with Crippen molar-refractivity contribution < 1.29 is 14.3 Å². The van der Waals surface area contributed by atoms with E-state index in [4.69, 9.17) is 9.47 Å². The number of nitrogens with zero attached hydrogens (tertiary/aromatic N) is 1. The third-order valence-corrected chi connectivity index (χ3v) is 6.14. The van der Waals surface area contributed by atoms with Crippen LogP contribution in [0.25, 0.3) is 0 Å². The number of amides is 1. The Balaban J connectivity index is 1.68. The van der Waals surface area contributed by atoms with Crippen LogP contribution in [0.5, 0.6) is 11.5 Å². The summed E-state index contributed by atoms with van der Waals surface area (Å²) in [7, 11) is 3.51. The Morgan fingerprint density at radius 1 is 1.19 bits per heavy atom. The van der Waals surface area contributed by atoms with Gasteiger partial charge in [-0.25, -0.2) is 0 Å². The molecule has 2 aliphatic rings. The van der Waals surface area contributed by atoms with E-state index in [1.165, 1.54) is 12.8 Å². The number of halogens is 1. The van der Waals surface area contributed by atoms with Crippen LogP contribution in [0.4, 0.5) is 5.69 Å². The number of para-hydroxylation sites is 1. The fourth-order valence-corrected chi connectivity index (χ4v) is 4.58. The molecular formula is C22H24BrNO3. The maximum atomic E-state index is 12.9. The van der Waals surface area contributed by atoms with Crippen LogP contribution in [0.2, 0.25) is 0 Å². The zero-order valence-electron chi connectivity index (χ0n) is 15.7. The van der Waals surface area contributed by atoms with E-state index in [9.17, 15) is 4.79 Å². The van der Waals surface area contributed by atoms with Crippen molar-refractivity contribution in [2.24, 2.45) is 0 Å². The van der Waals surface area contributed by atoms with Crippen molar-refractivity contribution in [1.82, 2.24) is 0 Å². The van der Waals surface area contributed by atoms with Gasteiger partial charge in [-0.3, -0.25) is 4.79 Å². The van der Waals surface area contributed by atoms with E-state index < -0.39 is 0 Å². The SMILES string of the molecule is COc1cccc(CC2C(=O)N(C)c3ccc(Br)cc32)c1OC1CCCC1. The van der Waals surface area contributed by atoms with Gasteiger partial charge in [0.05, 0.1) is 19.1 Å². The smallest absolute Gasteiger partial charge is 0.234 e. The number of rotatable bonds is 5. The lowest BCUT2D eigenvalue weighted by Crippen LogP contribution is -2.25. The number of fused-ring (bicyclic) bond motifs is 1. The molecule has 1 aliphatic carbocycles. The average molecular weight is 430 g/mol. The monoisotopic (exact) mass is 429 g/mol. The second-order valence-electron chi connectivity index (χ2n) is 7.33. The third kappa shape index (κ3) is 3.45. The molecule has 1 saturated carbocycles. The molecule has 0 spiro atoms. The number of likely N-dealkylation sites (N-methyl/N-ethyl adjacent to an activating group) is 1. The molecule has 0 bridgehead atoms. The average Bonchev–Trinajstić information content (AvgIpc) is 3.26. The Bertz CT molecular complexity index is 861. The minimum absolute atomic E-state index is 0.123. The predicted molar refractivity (Wildman–Crippen MR) is 110 cm³/mol. The zero-order valence-corrected chi connectivity index (χ0v) is 17.3. The van der Waals surface area contributed by atoms with E-state index in [-0.39, 0.29) is 17.9 Å². The van der Waals surface area contributed by atoms with Gasteiger partial charge >= 0.3 is 0 Å². The molecule has 2 aromatic carbocycles. The quantitative estimate of drug-likeness (QED) is 0.664. The van der Waals surface area contributed by atoms with Crippen LogP contribution in [0.15, 0.2) is 40.9 Å². The van der Waals surface area contributed by atoms with Crippen LogP contribution in [0.1, 0.15) is 42.7 Å². The van der Waals surface area contributed by atoms with Crippen molar-refractivity contribution in [1.29, 1.82) is 0 Å². The Morgan fingerprint density at radius 3 is 2.70 bits per heavy atom. The number of methoxy groups -OCH3 is 1. The fraction of sp³-hybridized carbons (Fsp3) is 0.409. The number of benzene rings is 2. The van der Waals surface area contributed by atoms with E-state index in [1.54, 1.807) is 12.0 Å². The molecule has 1 fully saturated rings. The van der Waals surface area contributed by atoms with Crippen molar-refractivity contribution in [3.05, 3.63) is 52.0 Å². The third-order valence-electron chi connectivity index (χ3n) is 5.65.